The average molecular weight is 274 g/mol. The Labute approximate surface area is 110 Å². The van der Waals surface area contributed by atoms with E-state index < -0.39 is 6.04 Å². The van der Waals surface area contributed by atoms with Gasteiger partial charge in [0.05, 0.1) is 13.2 Å². The van der Waals surface area contributed by atoms with Crippen LogP contribution in [0.3, 0.4) is 0 Å². The largest absolute Gasteiger partial charge is 0.497 e. The Kier molecular flexibility index (Phi) is 4.93. The first kappa shape index (κ1) is 14.0. The highest BCUT2D eigenvalue weighted by atomic mass is 35.5. The lowest BCUT2D eigenvalue weighted by molar-refractivity contribution is 0.412. The second-order valence-electron chi connectivity index (χ2n) is 3.38. The average Bonchev–Trinajstić information content (AvgIpc) is 2.82. The van der Waals surface area contributed by atoms with E-state index in [0.717, 1.165) is 4.88 Å². The maximum atomic E-state index is 13.6. The molecule has 1 heterocycles. The molecule has 5 heteroatoms. The van der Waals surface area contributed by atoms with E-state index >= 15 is 0 Å². The standard InChI is InChI=1S/C12H12FNOS.ClH/c1-15-8-4-5-10(13)9(7-8)12(14)11-3-2-6-16-11;/h2-7,12H,14H2,1H3;1H/t12-;/m1./s1. The summed E-state index contributed by atoms with van der Waals surface area (Å²) in [6, 6.07) is 7.96. The summed E-state index contributed by atoms with van der Waals surface area (Å²) in [6.07, 6.45) is 0. The first-order valence-corrected chi connectivity index (χ1v) is 5.72. The van der Waals surface area contributed by atoms with Crippen molar-refractivity contribution in [1.29, 1.82) is 0 Å². The highest BCUT2D eigenvalue weighted by Gasteiger charge is 2.15. The van der Waals surface area contributed by atoms with Crippen LogP contribution in [-0.2, 0) is 0 Å². The van der Waals surface area contributed by atoms with Crippen molar-refractivity contribution in [3.05, 3.63) is 52.0 Å². The minimum absolute atomic E-state index is 0. The molecule has 0 aliphatic rings. The summed E-state index contributed by atoms with van der Waals surface area (Å²) < 4.78 is 18.7. The molecular weight excluding hydrogens is 261 g/mol. The van der Waals surface area contributed by atoms with Crippen molar-refractivity contribution in [1.82, 2.24) is 0 Å². The lowest BCUT2D eigenvalue weighted by atomic mass is 10.1. The van der Waals surface area contributed by atoms with Gasteiger partial charge in [0.15, 0.2) is 0 Å². The van der Waals surface area contributed by atoms with Gasteiger partial charge < -0.3 is 10.5 Å². The highest BCUT2D eigenvalue weighted by molar-refractivity contribution is 7.10. The van der Waals surface area contributed by atoms with Crippen LogP contribution in [0.2, 0.25) is 0 Å². The van der Waals surface area contributed by atoms with Crippen LogP contribution in [0.4, 0.5) is 4.39 Å². The van der Waals surface area contributed by atoms with Crippen LogP contribution in [-0.4, -0.2) is 7.11 Å². The maximum Gasteiger partial charge on any atom is 0.128 e. The third kappa shape index (κ3) is 2.97. The SMILES string of the molecule is COc1ccc(F)c([C@@H](N)c2cccs2)c1.Cl. The molecule has 0 aliphatic heterocycles. The fourth-order valence-electron chi connectivity index (χ4n) is 1.51. The molecule has 1 aromatic heterocycles. The van der Waals surface area contributed by atoms with Gasteiger partial charge in [-0.15, -0.1) is 23.7 Å². The van der Waals surface area contributed by atoms with Crippen molar-refractivity contribution in [2.45, 2.75) is 6.04 Å². The van der Waals surface area contributed by atoms with E-state index in [9.17, 15) is 4.39 Å². The number of benzene rings is 1. The molecule has 17 heavy (non-hydrogen) atoms. The zero-order chi connectivity index (χ0) is 11.5. The van der Waals surface area contributed by atoms with Gasteiger partial charge in [0.1, 0.15) is 11.6 Å². The van der Waals surface area contributed by atoms with Gasteiger partial charge in [0.2, 0.25) is 0 Å². The fraction of sp³-hybridized carbons (Fsp3) is 0.167. The third-order valence-corrected chi connectivity index (χ3v) is 3.34. The second-order valence-corrected chi connectivity index (χ2v) is 4.36. The Morgan fingerprint density at radius 1 is 1.35 bits per heavy atom. The molecule has 0 unspecified atom stereocenters. The van der Waals surface area contributed by atoms with Crippen LogP contribution in [0.1, 0.15) is 16.5 Å². The number of halogens is 2. The topological polar surface area (TPSA) is 35.2 Å². The third-order valence-electron chi connectivity index (χ3n) is 2.39. The molecule has 2 N–H and O–H groups in total. The van der Waals surface area contributed by atoms with Crippen LogP contribution in [0, 0.1) is 5.82 Å². The van der Waals surface area contributed by atoms with Gasteiger partial charge >= 0.3 is 0 Å². The number of hydrogen-bond donors (Lipinski definition) is 1. The Bertz CT molecular complexity index is 475. The molecule has 0 aliphatic carbocycles. The molecule has 1 atom stereocenters. The summed E-state index contributed by atoms with van der Waals surface area (Å²) in [5.74, 6) is 0.310. The highest BCUT2D eigenvalue weighted by Crippen LogP contribution is 2.28. The first-order chi connectivity index (χ1) is 7.72. The minimum atomic E-state index is -0.435. The number of rotatable bonds is 3. The predicted octanol–water partition coefficient (Wildman–Crippen LogP) is 3.37. The van der Waals surface area contributed by atoms with Crippen molar-refractivity contribution in [3.8, 4) is 5.75 Å². The number of hydrogen-bond acceptors (Lipinski definition) is 3. The van der Waals surface area contributed by atoms with E-state index in [1.807, 2.05) is 17.5 Å². The van der Waals surface area contributed by atoms with E-state index in [0.29, 0.717) is 11.3 Å². The van der Waals surface area contributed by atoms with Crippen LogP contribution in [0.15, 0.2) is 35.7 Å². The van der Waals surface area contributed by atoms with Crippen molar-refractivity contribution in [2.24, 2.45) is 5.73 Å². The molecule has 92 valence electrons. The summed E-state index contributed by atoms with van der Waals surface area (Å²) >= 11 is 1.52. The monoisotopic (exact) mass is 273 g/mol. The lowest BCUT2D eigenvalue weighted by Gasteiger charge is -2.12. The molecule has 0 bridgehead atoms. The van der Waals surface area contributed by atoms with Crippen LogP contribution < -0.4 is 10.5 Å². The maximum absolute atomic E-state index is 13.6. The molecule has 2 nitrogen and oxygen atoms in total. The molecular formula is C12H13ClFNOS. The van der Waals surface area contributed by atoms with Gasteiger partial charge in [-0.05, 0) is 29.6 Å². The van der Waals surface area contributed by atoms with Gasteiger partial charge in [-0.25, -0.2) is 4.39 Å². The molecule has 0 radical (unpaired) electrons. The van der Waals surface area contributed by atoms with Crippen LogP contribution in [0.25, 0.3) is 0 Å². The number of methoxy groups -OCH3 is 1. The molecule has 0 fully saturated rings. The van der Waals surface area contributed by atoms with E-state index in [1.165, 1.54) is 17.4 Å². The normalized spacial score (nSPS) is 11.7. The molecule has 0 saturated heterocycles. The Hall–Kier alpha value is -1.10. The summed E-state index contributed by atoms with van der Waals surface area (Å²) in [5.41, 5.74) is 6.46. The predicted molar refractivity (Wildman–Crippen MR) is 70.5 cm³/mol. The fourth-order valence-corrected chi connectivity index (χ4v) is 2.25. The smallest absolute Gasteiger partial charge is 0.128 e. The van der Waals surface area contributed by atoms with Gasteiger partial charge in [-0.2, -0.15) is 0 Å². The Morgan fingerprint density at radius 2 is 2.12 bits per heavy atom. The quantitative estimate of drug-likeness (QED) is 0.931. The van der Waals surface area contributed by atoms with Crippen molar-refractivity contribution >= 4 is 23.7 Å². The van der Waals surface area contributed by atoms with Gasteiger partial charge in [-0.1, -0.05) is 6.07 Å². The Balaban J connectivity index is 0.00000144. The summed E-state index contributed by atoms with van der Waals surface area (Å²) in [6.45, 7) is 0. The summed E-state index contributed by atoms with van der Waals surface area (Å²) in [7, 11) is 1.55. The van der Waals surface area contributed by atoms with Crippen molar-refractivity contribution in [3.63, 3.8) is 0 Å². The van der Waals surface area contributed by atoms with E-state index in [1.54, 1.807) is 19.2 Å². The molecule has 1 aromatic carbocycles. The molecule has 2 rings (SSSR count). The Morgan fingerprint density at radius 3 is 2.71 bits per heavy atom. The van der Waals surface area contributed by atoms with Crippen molar-refractivity contribution < 1.29 is 9.13 Å². The molecule has 0 saturated carbocycles. The van der Waals surface area contributed by atoms with E-state index in [4.69, 9.17) is 10.5 Å². The zero-order valence-electron chi connectivity index (χ0n) is 9.22. The lowest BCUT2D eigenvalue weighted by Crippen LogP contribution is -2.12. The van der Waals surface area contributed by atoms with Crippen molar-refractivity contribution in [2.75, 3.05) is 7.11 Å². The van der Waals surface area contributed by atoms with Gasteiger partial charge in [0.25, 0.3) is 0 Å². The minimum Gasteiger partial charge on any atom is -0.497 e. The molecule has 2 aromatic rings. The van der Waals surface area contributed by atoms with Gasteiger partial charge in [0, 0.05) is 10.4 Å². The second kappa shape index (κ2) is 6.00. The molecule has 0 amide bonds. The molecule has 0 spiro atoms. The number of ether oxygens (including phenoxy) is 1. The summed E-state index contributed by atoms with van der Waals surface area (Å²) in [5, 5.41) is 1.92. The number of thiophene rings is 1. The van der Waals surface area contributed by atoms with Gasteiger partial charge in [-0.3, -0.25) is 0 Å². The van der Waals surface area contributed by atoms with Crippen LogP contribution in [0.5, 0.6) is 5.75 Å². The zero-order valence-corrected chi connectivity index (χ0v) is 10.9. The summed E-state index contributed by atoms with van der Waals surface area (Å²) in [4.78, 5) is 0.937. The number of nitrogens with two attached hydrogens (primary N) is 1. The van der Waals surface area contributed by atoms with E-state index in [-0.39, 0.29) is 18.2 Å². The van der Waals surface area contributed by atoms with Crippen LogP contribution >= 0.6 is 23.7 Å². The van der Waals surface area contributed by atoms with E-state index in [2.05, 4.69) is 0 Å². The first-order valence-electron chi connectivity index (χ1n) is 4.85.